The highest BCUT2D eigenvalue weighted by Crippen LogP contribution is 2.69. The Bertz CT molecular complexity index is 1170. The predicted molar refractivity (Wildman–Crippen MR) is 226 cm³/mol. The molecule has 3 unspecified atom stereocenters. The van der Waals surface area contributed by atoms with Crippen molar-refractivity contribution in [2.45, 2.75) is 162 Å². The van der Waals surface area contributed by atoms with Gasteiger partial charge in [-0.05, 0) is 171 Å². The molecule has 324 valence electrons. The van der Waals surface area contributed by atoms with Gasteiger partial charge in [-0.2, -0.15) is 8.42 Å². The summed E-state index contributed by atoms with van der Waals surface area (Å²) in [5.41, 5.74) is 0.309. The fourth-order valence-electron chi connectivity index (χ4n) is 12.1. The third-order valence-corrected chi connectivity index (χ3v) is 15.7. The van der Waals surface area contributed by atoms with E-state index in [2.05, 4.69) is 49.0 Å². The van der Waals surface area contributed by atoms with Crippen LogP contribution in [0.1, 0.15) is 143 Å². The maximum absolute atomic E-state index is 11.3. The molecule has 0 amide bonds. The Kier molecular flexibility index (Phi) is 20.7. The second-order valence-corrected chi connectivity index (χ2v) is 20.1. The van der Waals surface area contributed by atoms with Crippen molar-refractivity contribution in [2.24, 2.45) is 46.3 Å². The number of ether oxygens (including phenoxy) is 3. The summed E-state index contributed by atoms with van der Waals surface area (Å²) in [5.74, 6) is 3.06. The van der Waals surface area contributed by atoms with Gasteiger partial charge in [0.25, 0.3) is 10.1 Å². The Morgan fingerprint density at radius 2 is 1.38 bits per heavy atom. The topological polar surface area (TPSA) is 130 Å². The minimum atomic E-state index is -4.03. The zero-order chi connectivity index (χ0) is 39.7. The van der Waals surface area contributed by atoms with Gasteiger partial charge < -0.3 is 35.5 Å². The third kappa shape index (κ3) is 13.6. The van der Waals surface area contributed by atoms with Crippen molar-refractivity contribution in [1.82, 2.24) is 21.3 Å². The van der Waals surface area contributed by atoms with E-state index in [9.17, 15) is 13.0 Å². The van der Waals surface area contributed by atoms with Crippen molar-refractivity contribution >= 4 is 10.1 Å². The first-order chi connectivity index (χ1) is 26.5. The molecule has 4 aliphatic carbocycles. The van der Waals surface area contributed by atoms with Crippen LogP contribution in [0, 0.1) is 46.3 Å². The summed E-state index contributed by atoms with van der Waals surface area (Å²) in [5, 5.41) is 13.2. The maximum Gasteiger partial charge on any atom is 0.278 e. The highest BCUT2D eigenvalue weighted by atomic mass is 32.2. The molecule has 11 atom stereocenters. The van der Waals surface area contributed by atoms with Gasteiger partial charge in [0.05, 0.1) is 18.3 Å². The van der Waals surface area contributed by atoms with Crippen LogP contribution in [-0.4, -0.2) is 104 Å². The zero-order valence-electron chi connectivity index (χ0n) is 36.2. The van der Waals surface area contributed by atoms with E-state index in [1.54, 1.807) is 0 Å². The lowest BCUT2D eigenvalue weighted by atomic mass is 9.43. The summed E-state index contributed by atoms with van der Waals surface area (Å²) in [4.78, 5) is 0. The number of hydrogen-bond acceptors (Lipinski definition) is 9. The summed E-state index contributed by atoms with van der Waals surface area (Å²) in [6.07, 6.45) is 22.3. The molecule has 0 aliphatic heterocycles. The van der Waals surface area contributed by atoms with Crippen LogP contribution in [0.2, 0.25) is 0 Å². The molecule has 0 radical (unpaired) electrons. The number of hydrogen-bond donors (Lipinski definition) is 5. The zero-order valence-corrected chi connectivity index (χ0v) is 37.0. The molecule has 0 bridgehead atoms. The highest BCUT2D eigenvalue weighted by molar-refractivity contribution is 7.85. The van der Waals surface area contributed by atoms with Crippen molar-refractivity contribution in [3.05, 3.63) is 0 Å². The lowest BCUT2D eigenvalue weighted by molar-refractivity contribution is -0.227. The average Bonchev–Trinajstić information content (AvgIpc) is 3.52. The van der Waals surface area contributed by atoms with Crippen LogP contribution >= 0.6 is 0 Å². The van der Waals surface area contributed by atoms with E-state index in [4.69, 9.17) is 14.2 Å². The Hall–Kier alpha value is -0.370. The molecule has 10 nitrogen and oxygen atoms in total. The first kappa shape index (κ1) is 47.3. The maximum atomic E-state index is 11.3. The molecular formula is C44H86N4O6S. The molecular weight excluding hydrogens is 713 g/mol. The fraction of sp³-hybridized carbons (Fsp3) is 1.00. The average molecular weight is 799 g/mol. The smallest absolute Gasteiger partial charge is 0.278 e. The Morgan fingerprint density at radius 1 is 0.727 bits per heavy atom. The van der Waals surface area contributed by atoms with E-state index in [1.165, 1.54) is 70.6 Å². The largest absolute Gasteiger partial charge is 0.378 e. The molecule has 0 aromatic rings. The highest BCUT2D eigenvalue weighted by Gasteiger charge is 2.66. The summed E-state index contributed by atoms with van der Waals surface area (Å²) in [6.45, 7) is 17.0. The minimum Gasteiger partial charge on any atom is -0.378 e. The molecule has 0 heterocycles. The number of fused-ring (bicyclic) bond motifs is 5. The number of nitrogens with one attached hydrogen (secondary N) is 4. The van der Waals surface area contributed by atoms with Gasteiger partial charge in [-0.3, -0.25) is 4.55 Å². The number of unbranched alkanes of at least 4 members (excludes halogenated alkanes) is 5. The SMILES string of the molecule is CCCCCCCCNCCC[C@@H](C)[C@H]1CC[C@H]2C3C(C[C@H](OCCCNCS(=O)(=O)O)[C@]12C)[C@@]1(C)CC[C@@H](OCCCNC)CC1C[C@H]3OCCCNC. The molecule has 55 heavy (non-hydrogen) atoms. The lowest BCUT2D eigenvalue weighted by Gasteiger charge is -2.65. The van der Waals surface area contributed by atoms with E-state index in [0.717, 1.165) is 84.3 Å². The van der Waals surface area contributed by atoms with Crippen molar-refractivity contribution in [1.29, 1.82) is 0 Å². The second-order valence-electron chi connectivity index (χ2n) is 18.7. The van der Waals surface area contributed by atoms with Crippen LogP contribution in [0.3, 0.4) is 0 Å². The van der Waals surface area contributed by atoms with Crippen LogP contribution < -0.4 is 21.3 Å². The molecule has 11 heteroatoms. The summed E-state index contributed by atoms with van der Waals surface area (Å²) in [7, 11) is 0.0108. The number of rotatable bonds is 29. The van der Waals surface area contributed by atoms with Gasteiger partial charge in [0.2, 0.25) is 0 Å². The van der Waals surface area contributed by atoms with E-state index < -0.39 is 16.0 Å². The van der Waals surface area contributed by atoms with Crippen molar-refractivity contribution in [2.75, 3.05) is 72.5 Å². The standard InChI is InChI=1S/C44H86N4O6S/c1-7-8-9-10-11-12-24-47-25-13-17-34(2)37-18-19-38-42-39(32-41(44(37,38)4)54-29-16-26-48-33-55(49,50)51)43(3)21-20-36(52-27-14-22-45-5)30-35(43)31-40(42)53-28-15-23-46-6/h34-42,45-48H,7-33H2,1-6H3,(H,49,50,51)/t34-,35?,36-,37-,38+,39?,40-,41+,42?,43+,44-/m1/s1. The second kappa shape index (κ2) is 24.0. The van der Waals surface area contributed by atoms with E-state index in [0.29, 0.717) is 54.8 Å². The van der Waals surface area contributed by atoms with Crippen LogP contribution in [-0.2, 0) is 24.3 Å². The lowest BCUT2D eigenvalue weighted by Crippen LogP contribution is -2.63. The first-order valence-corrected chi connectivity index (χ1v) is 24.6. The van der Waals surface area contributed by atoms with Gasteiger partial charge in [-0.15, -0.1) is 0 Å². The van der Waals surface area contributed by atoms with Gasteiger partial charge in [-0.1, -0.05) is 59.8 Å². The van der Waals surface area contributed by atoms with Gasteiger partial charge in [0.15, 0.2) is 0 Å². The Balaban J connectivity index is 1.49. The molecule has 5 N–H and O–H groups in total. The summed E-state index contributed by atoms with van der Waals surface area (Å²) in [6, 6.07) is 0. The fourth-order valence-corrected chi connectivity index (χ4v) is 12.6. The Labute approximate surface area is 338 Å². The third-order valence-electron chi connectivity index (χ3n) is 15.1. The van der Waals surface area contributed by atoms with Crippen LogP contribution in [0.25, 0.3) is 0 Å². The van der Waals surface area contributed by atoms with Gasteiger partial charge in [-0.25, -0.2) is 0 Å². The molecule has 0 aromatic carbocycles. The normalized spacial score (nSPS) is 33.9. The van der Waals surface area contributed by atoms with Crippen LogP contribution in [0.15, 0.2) is 0 Å². The van der Waals surface area contributed by atoms with Gasteiger partial charge in [0.1, 0.15) is 5.88 Å². The molecule has 4 fully saturated rings. The molecule has 0 spiro atoms. The van der Waals surface area contributed by atoms with Crippen LogP contribution in [0.5, 0.6) is 0 Å². The van der Waals surface area contributed by atoms with Crippen LogP contribution in [0.4, 0.5) is 0 Å². The van der Waals surface area contributed by atoms with E-state index >= 15 is 0 Å². The molecule has 4 saturated carbocycles. The monoisotopic (exact) mass is 799 g/mol. The predicted octanol–water partition coefficient (Wildman–Crippen LogP) is 7.43. The summed E-state index contributed by atoms with van der Waals surface area (Å²) >= 11 is 0. The minimum absolute atomic E-state index is 0.0672. The van der Waals surface area contributed by atoms with Gasteiger partial charge >= 0.3 is 0 Å². The van der Waals surface area contributed by atoms with Gasteiger partial charge in [0, 0.05) is 25.2 Å². The summed E-state index contributed by atoms with van der Waals surface area (Å²) < 4.78 is 52.5. The van der Waals surface area contributed by atoms with Crippen molar-refractivity contribution < 1.29 is 27.2 Å². The quantitative estimate of drug-likeness (QED) is 0.0385. The Morgan fingerprint density at radius 3 is 2.11 bits per heavy atom. The molecule has 4 rings (SSSR count). The van der Waals surface area contributed by atoms with Crippen molar-refractivity contribution in [3.63, 3.8) is 0 Å². The van der Waals surface area contributed by atoms with E-state index in [1.807, 2.05) is 14.1 Å². The first-order valence-electron chi connectivity index (χ1n) is 23.0. The molecule has 0 saturated heterocycles. The van der Waals surface area contributed by atoms with Crippen molar-refractivity contribution in [3.8, 4) is 0 Å². The molecule has 4 aliphatic rings. The molecule has 0 aromatic heterocycles. The van der Waals surface area contributed by atoms with E-state index in [-0.39, 0.29) is 23.0 Å².